The van der Waals surface area contributed by atoms with Crippen LogP contribution < -0.4 is 10.2 Å². The molecule has 1 saturated heterocycles. The van der Waals surface area contributed by atoms with Crippen LogP contribution in [0.1, 0.15) is 39.8 Å². The van der Waals surface area contributed by atoms with Gasteiger partial charge in [0.2, 0.25) is 0 Å². The Labute approximate surface area is 125 Å². The van der Waals surface area contributed by atoms with Crippen LogP contribution in [0.15, 0.2) is 5.38 Å². The van der Waals surface area contributed by atoms with Crippen molar-refractivity contribution in [3.8, 4) is 0 Å². The first-order valence-electron chi connectivity index (χ1n) is 7.03. The summed E-state index contributed by atoms with van der Waals surface area (Å²) >= 11 is 3.87. The Balaban J connectivity index is 1.94. The maximum absolute atomic E-state index is 4.77. The molecule has 1 fully saturated rings. The van der Waals surface area contributed by atoms with Gasteiger partial charge in [-0.25, -0.2) is 4.98 Å². The van der Waals surface area contributed by atoms with Crippen LogP contribution >= 0.6 is 23.1 Å². The molecule has 0 bridgehead atoms. The smallest absolute Gasteiger partial charge is 0.185 e. The summed E-state index contributed by atoms with van der Waals surface area (Å²) in [5, 5.41) is 6.81. The largest absolute Gasteiger partial charge is 0.347 e. The van der Waals surface area contributed by atoms with E-state index in [1.165, 1.54) is 23.0 Å². The third-order valence-corrected chi connectivity index (χ3v) is 5.66. The van der Waals surface area contributed by atoms with Crippen LogP contribution in [0.4, 0.5) is 5.13 Å². The van der Waals surface area contributed by atoms with Gasteiger partial charge in [0.15, 0.2) is 5.13 Å². The van der Waals surface area contributed by atoms with E-state index in [0.29, 0.717) is 10.8 Å². The summed E-state index contributed by atoms with van der Waals surface area (Å²) in [7, 11) is 0. The maximum atomic E-state index is 4.77. The Morgan fingerprint density at radius 2 is 2.21 bits per heavy atom. The van der Waals surface area contributed by atoms with E-state index in [0.717, 1.165) is 19.6 Å². The fourth-order valence-corrected chi connectivity index (χ4v) is 4.02. The van der Waals surface area contributed by atoms with Crippen molar-refractivity contribution < 1.29 is 0 Å². The second-order valence-electron chi connectivity index (χ2n) is 6.00. The van der Waals surface area contributed by atoms with Gasteiger partial charge in [-0.3, -0.25) is 0 Å². The number of thiazole rings is 1. The van der Waals surface area contributed by atoms with Crippen LogP contribution in [-0.4, -0.2) is 34.6 Å². The van der Waals surface area contributed by atoms with Crippen LogP contribution in [0.5, 0.6) is 0 Å². The number of rotatable bonds is 4. The average Bonchev–Trinajstić information content (AvgIpc) is 2.72. The molecule has 108 valence electrons. The molecule has 1 aromatic heterocycles. The van der Waals surface area contributed by atoms with Gasteiger partial charge in [0.05, 0.1) is 5.69 Å². The Kier molecular flexibility index (Phi) is 5.15. The molecule has 1 N–H and O–H groups in total. The van der Waals surface area contributed by atoms with Crippen molar-refractivity contribution in [3.63, 3.8) is 0 Å². The highest BCUT2D eigenvalue weighted by molar-refractivity contribution is 8.00. The van der Waals surface area contributed by atoms with Crippen molar-refractivity contribution in [1.82, 2.24) is 10.3 Å². The van der Waals surface area contributed by atoms with Crippen LogP contribution in [0, 0.1) is 0 Å². The van der Waals surface area contributed by atoms with Crippen molar-refractivity contribution in [2.45, 2.75) is 51.4 Å². The molecule has 5 heteroatoms. The molecule has 2 heterocycles. The van der Waals surface area contributed by atoms with Gasteiger partial charge >= 0.3 is 0 Å². The van der Waals surface area contributed by atoms with Gasteiger partial charge in [0.1, 0.15) is 0 Å². The van der Waals surface area contributed by atoms with E-state index < -0.39 is 0 Å². The first-order chi connectivity index (χ1) is 8.96. The Morgan fingerprint density at radius 1 is 1.42 bits per heavy atom. The predicted octanol–water partition coefficient (Wildman–Crippen LogP) is 3.36. The lowest BCUT2D eigenvalue weighted by molar-refractivity contribution is 0.582. The summed E-state index contributed by atoms with van der Waals surface area (Å²) < 4.78 is 0.411. The summed E-state index contributed by atoms with van der Waals surface area (Å²) in [6.45, 7) is 12.2. The van der Waals surface area contributed by atoms with Crippen LogP contribution in [-0.2, 0) is 6.54 Å². The molecule has 1 aromatic rings. The van der Waals surface area contributed by atoms with Crippen LogP contribution in [0.25, 0.3) is 0 Å². The quantitative estimate of drug-likeness (QED) is 0.923. The lowest BCUT2D eigenvalue weighted by Gasteiger charge is -2.22. The standard InChI is InChI=1S/C14H25N3S2/c1-11(2)15-9-12-10-18-13(16-12)17-6-5-14(3,4)19-8-7-17/h10-11,15H,5-9H2,1-4H3. The molecule has 1 aliphatic heterocycles. The van der Waals surface area contributed by atoms with Gasteiger partial charge in [-0.15, -0.1) is 11.3 Å². The van der Waals surface area contributed by atoms with Gasteiger partial charge in [-0.05, 0) is 6.42 Å². The molecule has 0 aromatic carbocycles. The number of anilines is 1. The third kappa shape index (κ3) is 4.65. The Morgan fingerprint density at radius 3 is 2.95 bits per heavy atom. The first-order valence-corrected chi connectivity index (χ1v) is 8.89. The van der Waals surface area contributed by atoms with E-state index >= 15 is 0 Å². The predicted molar refractivity (Wildman–Crippen MR) is 87.5 cm³/mol. The van der Waals surface area contributed by atoms with E-state index in [1.54, 1.807) is 11.3 Å². The topological polar surface area (TPSA) is 28.2 Å². The van der Waals surface area contributed by atoms with Gasteiger partial charge < -0.3 is 10.2 Å². The van der Waals surface area contributed by atoms with Gasteiger partial charge in [-0.1, -0.05) is 27.7 Å². The number of aromatic nitrogens is 1. The number of thioether (sulfide) groups is 1. The Hall–Kier alpha value is -0.260. The first kappa shape index (κ1) is 15.1. The van der Waals surface area contributed by atoms with Gasteiger partial charge in [0.25, 0.3) is 0 Å². The minimum Gasteiger partial charge on any atom is -0.347 e. The maximum Gasteiger partial charge on any atom is 0.185 e. The molecular formula is C14H25N3S2. The molecule has 19 heavy (non-hydrogen) atoms. The molecule has 0 radical (unpaired) electrons. The molecule has 0 unspecified atom stereocenters. The third-order valence-electron chi connectivity index (χ3n) is 3.34. The summed E-state index contributed by atoms with van der Waals surface area (Å²) in [6.07, 6.45) is 1.23. The minimum absolute atomic E-state index is 0.411. The molecule has 2 rings (SSSR count). The summed E-state index contributed by atoms with van der Waals surface area (Å²) in [6, 6.07) is 0.514. The molecule has 0 amide bonds. The van der Waals surface area contributed by atoms with Crippen molar-refractivity contribution in [1.29, 1.82) is 0 Å². The van der Waals surface area contributed by atoms with Crippen molar-refractivity contribution in [2.75, 3.05) is 23.7 Å². The SMILES string of the molecule is CC(C)NCc1csc(N2CCSC(C)(C)CC2)n1. The second kappa shape index (κ2) is 6.46. The van der Waals surface area contributed by atoms with E-state index in [9.17, 15) is 0 Å². The minimum atomic E-state index is 0.411. The van der Waals surface area contributed by atoms with Gasteiger partial charge in [-0.2, -0.15) is 11.8 Å². The molecule has 0 saturated carbocycles. The summed E-state index contributed by atoms with van der Waals surface area (Å²) in [4.78, 5) is 7.22. The van der Waals surface area contributed by atoms with E-state index in [1.807, 2.05) is 0 Å². The highest BCUT2D eigenvalue weighted by Gasteiger charge is 2.24. The number of hydrogen-bond donors (Lipinski definition) is 1. The molecule has 0 atom stereocenters. The lowest BCUT2D eigenvalue weighted by Crippen LogP contribution is -2.27. The zero-order valence-electron chi connectivity index (χ0n) is 12.4. The number of hydrogen-bond acceptors (Lipinski definition) is 5. The van der Waals surface area contributed by atoms with Crippen molar-refractivity contribution in [2.24, 2.45) is 0 Å². The lowest BCUT2D eigenvalue weighted by atomic mass is 10.1. The fourth-order valence-electron chi connectivity index (χ4n) is 2.04. The molecule has 1 aliphatic rings. The van der Waals surface area contributed by atoms with Crippen molar-refractivity contribution >= 4 is 28.2 Å². The number of nitrogens with zero attached hydrogens (tertiary/aromatic N) is 2. The average molecular weight is 300 g/mol. The van der Waals surface area contributed by atoms with Crippen molar-refractivity contribution in [3.05, 3.63) is 11.1 Å². The van der Waals surface area contributed by atoms with Crippen LogP contribution in [0.2, 0.25) is 0 Å². The molecule has 3 nitrogen and oxygen atoms in total. The Bertz CT molecular complexity index is 401. The monoisotopic (exact) mass is 299 g/mol. The fraction of sp³-hybridized carbons (Fsp3) is 0.786. The molecular weight excluding hydrogens is 274 g/mol. The van der Waals surface area contributed by atoms with Gasteiger partial charge in [0, 0.05) is 41.6 Å². The van der Waals surface area contributed by atoms with E-state index in [4.69, 9.17) is 4.98 Å². The highest BCUT2D eigenvalue weighted by Crippen LogP contribution is 2.33. The number of nitrogens with one attached hydrogen (secondary N) is 1. The molecule has 0 spiro atoms. The highest BCUT2D eigenvalue weighted by atomic mass is 32.2. The summed E-state index contributed by atoms with van der Waals surface area (Å²) in [5.41, 5.74) is 1.17. The summed E-state index contributed by atoms with van der Waals surface area (Å²) in [5.74, 6) is 1.20. The molecule has 0 aliphatic carbocycles. The van der Waals surface area contributed by atoms with Crippen LogP contribution in [0.3, 0.4) is 0 Å². The normalized spacial score (nSPS) is 19.7. The zero-order valence-corrected chi connectivity index (χ0v) is 14.0. The zero-order chi connectivity index (χ0) is 13.9. The second-order valence-corrected chi connectivity index (χ2v) is 8.64. The van der Waals surface area contributed by atoms with E-state index in [-0.39, 0.29) is 0 Å². The van der Waals surface area contributed by atoms with E-state index in [2.05, 4.69) is 55.1 Å².